The summed E-state index contributed by atoms with van der Waals surface area (Å²) in [7, 11) is 0. The Kier molecular flexibility index (Phi) is 4.08. The normalized spacial score (nSPS) is 18.2. The molecule has 0 saturated carbocycles. The van der Waals surface area contributed by atoms with Crippen molar-refractivity contribution in [2.24, 2.45) is 5.41 Å². The molecule has 92 valence electrons. The number of nitrogens with one attached hydrogen (secondary N) is 1. The van der Waals surface area contributed by atoms with Gasteiger partial charge < -0.3 is 5.32 Å². The smallest absolute Gasteiger partial charge is 0.234 e. The topological polar surface area (TPSA) is 49.4 Å². The van der Waals surface area contributed by atoms with Crippen molar-refractivity contribution in [2.45, 2.75) is 46.6 Å². The van der Waals surface area contributed by atoms with E-state index in [4.69, 9.17) is 0 Å². The van der Waals surface area contributed by atoms with Gasteiger partial charge in [0.05, 0.1) is 0 Å². The molecule has 1 N–H and O–H groups in total. The van der Waals surface area contributed by atoms with E-state index in [2.05, 4.69) is 5.32 Å². The Balaban J connectivity index is 2.82. The molecule has 4 nitrogen and oxygen atoms in total. The Bertz CT molecular complexity index is 275. The monoisotopic (exact) mass is 226 g/mol. The fraction of sp³-hybridized carbons (Fsp3) is 0.833. The predicted molar refractivity (Wildman–Crippen MR) is 62.9 cm³/mol. The van der Waals surface area contributed by atoms with Crippen LogP contribution in [0.2, 0.25) is 0 Å². The van der Waals surface area contributed by atoms with Gasteiger partial charge in [-0.1, -0.05) is 20.8 Å². The Labute approximate surface area is 97.4 Å². The van der Waals surface area contributed by atoms with Gasteiger partial charge in [0, 0.05) is 18.4 Å². The van der Waals surface area contributed by atoms with Crippen LogP contribution >= 0.6 is 0 Å². The number of carbonyl (C=O) groups is 2. The summed E-state index contributed by atoms with van der Waals surface area (Å²) in [4.78, 5) is 25.3. The maximum Gasteiger partial charge on any atom is 0.234 e. The lowest BCUT2D eigenvalue weighted by atomic mass is 9.92. The molecular formula is C12H22N2O2. The first-order valence-electron chi connectivity index (χ1n) is 5.89. The minimum absolute atomic E-state index is 0.0631. The van der Waals surface area contributed by atoms with Crippen LogP contribution in [-0.4, -0.2) is 35.8 Å². The zero-order valence-electron chi connectivity index (χ0n) is 10.7. The van der Waals surface area contributed by atoms with Crippen molar-refractivity contribution in [1.29, 1.82) is 0 Å². The Morgan fingerprint density at radius 1 is 1.19 bits per heavy atom. The van der Waals surface area contributed by atoms with Crippen LogP contribution in [0, 0.1) is 5.41 Å². The fourth-order valence-corrected chi connectivity index (χ4v) is 1.99. The van der Waals surface area contributed by atoms with Crippen LogP contribution < -0.4 is 5.32 Å². The number of hydrogen-bond donors (Lipinski definition) is 1. The molecule has 0 atom stereocenters. The van der Waals surface area contributed by atoms with Gasteiger partial charge in [-0.2, -0.15) is 0 Å². The second kappa shape index (κ2) is 4.95. The third kappa shape index (κ3) is 3.04. The number of amides is 2. The van der Waals surface area contributed by atoms with Crippen molar-refractivity contribution in [3.8, 4) is 0 Å². The Hall–Kier alpha value is -0.900. The van der Waals surface area contributed by atoms with Crippen molar-refractivity contribution in [3.63, 3.8) is 0 Å². The van der Waals surface area contributed by atoms with Gasteiger partial charge in [0.1, 0.15) is 0 Å². The van der Waals surface area contributed by atoms with Crippen molar-refractivity contribution in [3.05, 3.63) is 0 Å². The maximum atomic E-state index is 12.2. The first-order chi connectivity index (χ1) is 7.34. The van der Waals surface area contributed by atoms with Gasteiger partial charge in [0.2, 0.25) is 11.8 Å². The van der Waals surface area contributed by atoms with E-state index in [1.165, 1.54) is 11.8 Å². The van der Waals surface area contributed by atoms with Gasteiger partial charge in [-0.05, 0) is 25.9 Å². The van der Waals surface area contributed by atoms with Crippen LogP contribution in [0.4, 0.5) is 0 Å². The molecule has 2 amide bonds. The highest BCUT2D eigenvalue weighted by atomic mass is 16.2. The van der Waals surface area contributed by atoms with E-state index >= 15 is 0 Å². The molecule has 0 unspecified atom stereocenters. The largest absolute Gasteiger partial charge is 0.317 e. The highest BCUT2D eigenvalue weighted by molar-refractivity contribution is 5.97. The van der Waals surface area contributed by atoms with E-state index in [-0.39, 0.29) is 17.9 Å². The van der Waals surface area contributed by atoms with E-state index in [1.807, 2.05) is 20.8 Å². The van der Waals surface area contributed by atoms with Gasteiger partial charge in [-0.25, -0.2) is 0 Å². The summed E-state index contributed by atoms with van der Waals surface area (Å²) in [6, 6.07) is 0.0745. The molecule has 1 aliphatic heterocycles. The maximum absolute atomic E-state index is 12.2. The highest BCUT2D eigenvalue weighted by Crippen LogP contribution is 2.22. The summed E-state index contributed by atoms with van der Waals surface area (Å²) in [5.41, 5.74) is -0.490. The number of hydrogen-bond acceptors (Lipinski definition) is 3. The van der Waals surface area contributed by atoms with Crippen molar-refractivity contribution < 1.29 is 9.59 Å². The molecule has 0 aliphatic carbocycles. The van der Waals surface area contributed by atoms with Crippen LogP contribution in [0.25, 0.3) is 0 Å². The Morgan fingerprint density at radius 2 is 1.69 bits per heavy atom. The van der Waals surface area contributed by atoms with E-state index in [0.29, 0.717) is 0 Å². The quantitative estimate of drug-likeness (QED) is 0.730. The van der Waals surface area contributed by atoms with Gasteiger partial charge in [-0.15, -0.1) is 0 Å². The van der Waals surface area contributed by atoms with Crippen LogP contribution in [0.15, 0.2) is 0 Å². The molecule has 0 aromatic heterocycles. The predicted octanol–water partition coefficient (Wildman–Crippen LogP) is 1.16. The van der Waals surface area contributed by atoms with Gasteiger partial charge >= 0.3 is 0 Å². The number of carbonyl (C=O) groups excluding carboxylic acids is 2. The average molecular weight is 226 g/mol. The molecule has 1 aliphatic rings. The molecule has 16 heavy (non-hydrogen) atoms. The van der Waals surface area contributed by atoms with E-state index in [9.17, 15) is 9.59 Å². The molecule has 0 aromatic rings. The van der Waals surface area contributed by atoms with Crippen molar-refractivity contribution in [1.82, 2.24) is 10.2 Å². The molecule has 0 radical (unpaired) electrons. The number of rotatable bonds is 1. The molecule has 0 aromatic carbocycles. The SMILES string of the molecule is CC(=O)N(C(=O)C(C)(C)C)C1CCNCC1. The first kappa shape index (κ1) is 13.2. The molecular weight excluding hydrogens is 204 g/mol. The minimum Gasteiger partial charge on any atom is -0.317 e. The molecule has 1 saturated heterocycles. The van der Waals surface area contributed by atoms with Crippen LogP contribution in [-0.2, 0) is 9.59 Å². The highest BCUT2D eigenvalue weighted by Gasteiger charge is 2.34. The first-order valence-corrected chi connectivity index (χ1v) is 5.89. The Morgan fingerprint density at radius 3 is 2.06 bits per heavy atom. The summed E-state index contributed by atoms with van der Waals surface area (Å²) < 4.78 is 0. The van der Waals surface area contributed by atoms with Gasteiger partial charge in [0.25, 0.3) is 0 Å². The second-order valence-corrected chi connectivity index (χ2v) is 5.43. The molecule has 1 fully saturated rings. The summed E-state index contributed by atoms with van der Waals surface area (Å²) in [6.45, 7) is 8.80. The lowest BCUT2D eigenvalue weighted by Gasteiger charge is -2.36. The number of nitrogens with zero attached hydrogens (tertiary/aromatic N) is 1. The summed E-state index contributed by atoms with van der Waals surface area (Å²) >= 11 is 0. The van der Waals surface area contributed by atoms with Crippen LogP contribution in [0.3, 0.4) is 0 Å². The molecule has 0 spiro atoms. The molecule has 1 rings (SSSR count). The van der Waals surface area contributed by atoms with Gasteiger partial charge in [-0.3, -0.25) is 14.5 Å². The third-order valence-electron chi connectivity index (χ3n) is 2.87. The lowest BCUT2D eigenvalue weighted by molar-refractivity contribution is -0.152. The molecule has 4 heteroatoms. The van der Waals surface area contributed by atoms with Crippen molar-refractivity contribution >= 4 is 11.8 Å². The van der Waals surface area contributed by atoms with E-state index < -0.39 is 5.41 Å². The van der Waals surface area contributed by atoms with Crippen LogP contribution in [0.1, 0.15) is 40.5 Å². The number of imide groups is 1. The number of piperidine rings is 1. The summed E-state index contributed by atoms with van der Waals surface area (Å²) in [5.74, 6) is -0.196. The third-order valence-corrected chi connectivity index (χ3v) is 2.87. The lowest BCUT2D eigenvalue weighted by Crippen LogP contribution is -2.51. The average Bonchev–Trinajstić information content (AvgIpc) is 2.17. The zero-order valence-corrected chi connectivity index (χ0v) is 10.7. The zero-order chi connectivity index (χ0) is 12.3. The molecule has 1 heterocycles. The van der Waals surface area contributed by atoms with Gasteiger partial charge in [0.15, 0.2) is 0 Å². The van der Waals surface area contributed by atoms with E-state index in [0.717, 1.165) is 25.9 Å². The van der Waals surface area contributed by atoms with E-state index in [1.54, 1.807) is 0 Å². The van der Waals surface area contributed by atoms with Crippen LogP contribution in [0.5, 0.6) is 0 Å². The summed E-state index contributed by atoms with van der Waals surface area (Å²) in [5, 5.41) is 3.24. The molecule has 0 bridgehead atoms. The summed E-state index contributed by atoms with van der Waals surface area (Å²) in [6.07, 6.45) is 1.72. The fourth-order valence-electron chi connectivity index (χ4n) is 1.99. The minimum atomic E-state index is -0.490. The van der Waals surface area contributed by atoms with Crippen molar-refractivity contribution in [2.75, 3.05) is 13.1 Å². The standard InChI is InChI=1S/C12H22N2O2/c1-9(15)14(11(16)12(2,3)4)10-5-7-13-8-6-10/h10,13H,5-8H2,1-4H3. The second-order valence-electron chi connectivity index (χ2n) is 5.43.